The molecule has 0 amide bonds. The van der Waals surface area contributed by atoms with Crippen LogP contribution in [0.1, 0.15) is 31.2 Å². The Hall–Kier alpha value is -3.13. The summed E-state index contributed by atoms with van der Waals surface area (Å²) in [5.74, 6) is 1.46. The van der Waals surface area contributed by atoms with Gasteiger partial charge in [-0.2, -0.15) is 0 Å². The van der Waals surface area contributed by atoms with Gasteiger partial charge in [0.2, 0.25) is 0 Å². The molecule has 2 nitrogen and oxygen atoms in total. The van der Waals surface area contributed by atoms with Crippen LogP contribution in [0.2, 0.25) is 0 Å². The summed E-state index contributed by atoms with van der Waals surface area (Å²) in [6, 6.07) is 31.7. The summed E-state index contributed by atoms with van der Waals surface area (Å²) in [7, 11) is 0. The quantitative estimate of drug-likeness (QED) is 0.407. The standard InChI is InChI=1S/C25H24N2/c1-19(2)25-26-23(21-14-8-4-9-15-21)24(22-16-10-5-11-17-22)27(25)18-20-12-6-3-7-13-20/h3-17,19H,18H2,1-2H3. The third-order valence-corrected chi connectivity index (χ3v) is 4.79. The van der Waals surface area contributed by atoms with Crippen LogP contribution >= 0.6 is 0 Å². The minimum absolute atomic E-state index is 0.341. The highest BCUT2D eigenvalue weighted by Gasteiger charge is 2.21. The van der Waals surface area contributed by atoms with Gasteiger partial charge in [-0.05, 0) is 5.56 Å². The number of rotatable bonds is 5. The maximum atomic E-state index is 5.12. The van der Waals surface area contributed by atoms with Crippen molar-refractivity contribution in [1.82, 2.24) is 9.55 Å². The highest BCUT2D eigenvalue weighted by Crippen LogP contribution is 2.35. The van der Waals surface area contributed by atoms with Crippen molar-refractivity contribution in [3.63, 3.8) is 0 Å². The Morgan fingerprint density at radius 2 is 1.22 bits per heavy atom. The molecule has 0 unspecified atom stereocenters. The topological polar surface area (TPSA) is 17.8 Å². The van der Waals surface area contributed by atoms with E-state index in [1.54, 1.807) is 0 Å². The minimum Gasteiger partial charge on any atom is -0.323 e. The van der Waals surface area contributed by atoms with Gasteiger partial charge < -0.3 is 4.57 Å². The molecule has 4 rings (SSSR count). The normalized spacial score (nSPS) is 11.1. The summed E-state index contributed by atoms with van der Waals surface area (Å²) in [6.45, 7) is 5.25. The summed E-state index contributed by atoms with van der Waals surface area (Å²) >= 11 is 0. The van der Waals surface area contributed by atoms with Gasteiger partial charge in [-0.15, -0.1) is 0 Å². The van der Waals surface area contributed by atoms with Gasteiger partial charge in [0.05, 0.1) is 11.4 Å². The van der Waals surface area contributed by atoms with Crippen LogP contribution in [0.15, 0.2) is 91.0 Å². The first kappa shape index (κ1) is 17.3. The molecule has 0 aliphatic carbocycles. The molecule has 3 aromatic carbocycles. The second-order valence-electron chi connectivity index (χ2n) is 7.13. The Kier molecular flexibility index (Phi) is 4.88. The molecule has 0 saturated carbocycles. The van der Waals surface area contributed by atoms with E-state index < -0.39 is 0 Å². The lowest BCUT2D eigenvalue weighted by atomic mass is 10.0. The van der Waals surface area contributed by atoms with Gasteiger partial charge in [0, 0.05) is 23.6 Å². The van der Waals surface area contributed by atoms with Crippen LogP contribution in [0, 0.1) is 0 Å². The molecular formula is C25H24N2. The van der Waals surface area contributed by atoms with Crippen molar-refractivity contribution in [2.24, 2.45) is 0 Å². The van der Waals surface area contributed by atoms with E-state index in [0.717, 1.165) is 23.6 Å². The molecule has 0 spiro atoms. The zero-order chi connectivity index (χ0) is 18.6. The Balaban J connectivity index is 1.96. The largest absolute Gasteiger partial charge is 0.323 e. The number of hydrogen-bond acceptors (Lipinski definition) is 1. The third-order valence-electron chi connectivity index (χ3n) is 4.79. The van der Waals surface area contributed by atoms with E-state index in [1.807, 2.05) is 0 Å². The van der Waals surface area contributed by atoms with Gasteiger partial charge >= 0.3 is 0 Å². The summed E-state index contributed by atoms with van der Waals surface area (Å²) in [5.41, 5.74) is 5.89. The van der Waals surface area contributed by atoms with Crippen molar-refractivity contribution in [2.75, 3.05) is 0 Å². The van der Waals surface area contributed by atoms with Crippen LogP contribution in [0.3, 0.4) is 0 Å². The molecule has 1 aromatic heterocycles. The van der Waals surface area contributed by atoms with Crippen LogP contribution in [-0.2, 0) is 6.54 Å². The fourth-order valence-electron chi connectivity index (χ4n) is 3.52. The molecule has 0 radical (unpaired) electrons. The number of imidazole rings is 1. The van der Waals surface area contributed by atoms with Gasteiger partial charge in [-0.25, -0.2) is 4.98 Å². The van der Waals surface area contributed by atoms with Gasteiger partial charge in [-0.1, -0.05) is 105 Å². The lowest BCUT2D eigenvalue weighted by Crippen LogP contribution is -2.08. The zero-order valence-electron chi connectivity index (χ0n) is 15.8. The van der Waals surface area contributed by atoms with E-state index in [-0.39, 0.29) is 0 Å². The molecule has 0 fully saturated rings. The molecule has 0 atom stereocenters. The van der Waals surface area contributed by atoms with E-state index >= 15 is 0 Å². The van der Waals surface area contributed by atoms with E-state index in [4.69, 9.17) is 4.98 Å². The lowest BCUT2D eigenvalue weighted by Gasteiger charge is -2.15. The van der Waals surface area contributed by atoms with E-state index in [2.05, 4.69) is 109 Å². The molecule has 0 aliphatic heterocycles. The van der Waals surface area contributed by atoms with E-state index in [0.29, 0.717) is 5.92 Å². The van der Waals surface area contributed by atoms with Gasteiger partial charge in [-0.3, -0.25) is 0 Å². The Morgan fingerprint density at radius 3 is 1.78 bits per heavy atom. The third kappa shape index (κ3) is 3.56. The molecular weight excluding hydrogens is 328 g/mol. The molecule has 4 aromatic rings. The number of hydrogen-bond donors (Lipinski definition) is 0. The number of nitrogens with zero attached hydrogens (tertiary/aromatic N) is 2. The van der Waals surface area contributed by atoms with Gasteiger partial charge in [0.1, 0.15) is 5.82 Å². The average molecular weight is 352 g/mol. The molecule has 134 valence electrons. The first-order valence-electron chi connectivity index (χ1n) is 9.49. The van der Waals surface area contributed by atoms with Crippen molar-refractivity contribution in [3.8, 4) is 22.5 Å². The van der Waals surface area contributed by atoms with Crippen LogP contribution in [-0.4, -0.2) is 9.55 Å². The molecule has 2 heteroatoms. The highest BCUT2D eigenvalue weighted by atomic mass is 15.1. The number of aromatic nitrogens is 2. The Morgan fingerprint density at radius 1 is 0.704 bits per heavy atom. The van der Waals surface area contributed by atoms with Crippen LogP contribution in [0.4, 0.5) is 0 Å². The maximum absolute atomic E-state index is 5.12. The van der Waals surface area contributed by atoms with Crippen LogP contribution < -0.4 is 0 Å². The highest BCUT2D eigenvalue weighted by molar-refractivity contribution is 5.79. The average Bonchev–Trinajstić information content (AvgIpc) is 3.09. The second-order valence-corrected chi connectivity index (χ2v) is 7.13. The van der Waals surface area contributed by atoms with Gasteiger partial charge in [0.15, 0.2) is 0 Å². The summed E-state index contributed by atoms with van der Waals surface area (Å²) in [6.07, 6.45) is 0. The van der Waals surface area contributed by atoms with Gasteiger partial charge in [0.25, 0.3) is 0 Å². The first-order chi connectivity index (χ1) is 13.2. The number of benzene rings is 3. The molecule has 0 bridgehead atoms. The fraction of sp³-hybridized carbons (Fsp3) is 0.160. The second kappa shape index (κ2) is 7.63. The maximum Gasteiger partial charge on any atom is 0.112 e. The first-order valence-corrected chi connectivity index (χ1v) is 9.49. The molecule has 0 N–H and O–H groups in total. The molecule has 27 heavy (non-hydrogen) atoms. The summed E-state index contributed by atoms with van der Waals surface area (Å²) < 4.78 is 2.39. The fourth-order valence-corrected chi connectivity index (χ4v) is 3.52. The van der Waals surface area contributed by atoms with Crippen molar-refractivity contribution < 1.29 is 0 Å². The van der Waals surface area contributed by atoms with Crippen molar-refractivity contribution in [1.29, 1.82) is 0 Å². The van der Waals surface area contributed by atoms with Crippen molar-refractivity contribution in [3.05, 3.63) is 102 Å². The van der Waals surface area contributed by atoms with Crippen molar-refractivity contribution in [2.45, 2.75) is 26.3 Å². The summed E-state index contributed by atoms with van der Waals surface area (Å²) in [4.78, 5) is 5.12. The zero-order valence-corrected chi connectivity index (χ0v) is 15.8. The SMILES string of the molecule is CC(C)c1nc(-c2ccccc2)c(-c2ccccc2)n1Cc1ccccc1. The predicted molar refractivity (Wildman–Crippen MR) is 113 cm³/mol. The summed E-state index contributed by atoms with van der Waals surface area (Å²) in [5, 5.41) is 0. The molecule has 0 saturated heterocycles. The Bertz CT molecular complexity index is 1000. The monoisotopic (exact) mass is 352 g/mol. The van der Waals surface area contributed by atoms with Crippen molar-refractivity contribution >= 4 is 0 Å². The van der Waals surface area contributed by atoms with E-state index in [9.17, 15) is 0 Å². The minimum atomic E-state index is 0.341. The van der Waals surface area contributed by atoms with Crippen LogP contribution in [0.5, 0.6) is 0 Å². The lowest BCUT2D eigenvalue weighted by molar-refractivity contribution is 0.674. The van der Waals surface area contributed by atoms with Crippen LogP contribution in [0.25, 0.3) is 22.5 Å². The van der Waals surface area contributed by atoms with E-state index in [1.165, 1.54) is 16.8 Å². The molecule has 1 heterocycles. The Labute approximate surface area is 161 Å². The smallest absolute Gasteiger partial charge is 0.112 e. The molecule has 0 aliphatic rings. The predicted octanol–water partition coefficient (Wildman–Crippen LogP) is 6.39.